The summed E-state index contributed by atoms with van der Waals surface area (Å²) in [5.41, 5.74) is -0.500. The van der Waals surface area contributed by atoms with Crippen molar-refractivity contribution >= 4 is 11.6 Å². The van der Waals surface area contributed by atoms with Crippen molar-refractivity contribution in [2.75, 3.05) is 0 Å². The lowest BCUT2D eigenvalue weighted by molar-refractivity contribution is -0.216. The van der Waals surface area contributed by atoms with Crippen LogP contribution in [0, 0.1) is 52.3 Å². The van der Waals surface area contributed by atoms with Gasteiger partial charge in [0, 0.05) is 31.1 Å². The molecule has 0 aromatic rings. The molecule has 0 aromatic heterocycles. The fourth-order valence-corrected chi connectivity index (χ4v) is 9.44. The third-order valence-corrected chi connectivity index (χ3v) is 11.1. The fraction of sp³-hybridized carbons (Fsp3) is 0.920. The SMILES string of the molecule is C[C@]1(C2CCC(=O)C2)CCC2C(C1C1CC1)[C@H]1C[C@H]1[C@]1(O)CC(=O)CC[C@]21C. The summed E-state index contributed by atoms with van der Waals surface area (Å²) in [5, 5.41) is 11.8. The summed E-state index contributed by atoms with van der Waals surface area (Å²) in [4.78, 5) is 24.4. The number of ketones is 2. The molecule has 6 fully saturated rings. The van der Waals surface area contributed by atoms with Crippen molar-refractivity contribution in [1.82, 2.24) is 0 Å². The van der Waals surface area contributed by atoms with Gasteiger partial charge in [0.25, 0.3) is 0 Å². The van der Waals surface area contributed by atoms with Gasteiger partial charge in [-0.05, 0) is 91.8 Å². The first-order valence-electron chi connectivity index (χ1n) is 12.0. The first-order chi connectivity index (χ1) is 13.3. The summed E-state index contributed by atoms with van der Waals surface area (Å²) >= 11 is 0. The average Bonchev–Trinajstić information content (AvgIpc) is 3.55. The van der Waals surface area contributed by atoms with Crippen molar-refractivity contribution in [2.45, 2.75) is 90.1 Å². The number of carbonyl (C=O) groups is 2. The Kier molecular flexibility index (Phi) is 3.56. The van der Waals surface area contributed by atoms with Gasteiger partial charge in [-0.25, -0.2) is 0 Å². The molecule has 0 aromatic carbocycles. The van der Waals surface area contributed by atoms with Gasteiger partial charge in [0.2, 0.25) is 0 Å². The van der Waals surface area contributed by atoms with Crippen LogP contribution in [0.15, 0.2) is 0 Å². The molecule has 154 valence electrons. The Morgan fingerprint density at radius 1 is 0.929 bits per heavy atom. The van der Waals surface area contributed by atoms with Crippen LogP contribution >= 0.6 is 0 Å². The molecule has 3 heteroatoms. The summed E-state index contributed by atoms with van der Waals surface area (Å²) in [5.74, 6) is 5.26. The molecule has 9 atom stereocenters. The molecule has 0 saturated heterocycles. The van der Waals surface area contributed by atoms with Crippen LogP contribution in [0.25, 0.3) is 0 Å². The van der Waals surface area contributed by atoms with Crippen LogP contribution in [-0.2, 0) is 9.59 Å². The second kappa shape index (κ2) is 5.50. The number of rotatable bonds is 2. The summed E-state index contributed by atoms with van der Waals surface area (Å²) in [7, 11) is 0. The molecule has 4 unspecified atom stereocenters. The molecule has 0 radical (unpaired) electrons. The highest BCUT2D eigenvalue weighted by atomic mass is 16.3. The lowest BCUT2D eigenvalue weighted by Gasteiger charge is -2.64. The molecular weight excluding hydrogens is 348 g/mol. The van der Waals surface area contributed by atoms with E-state index in [0.29, 0.717) is 47.7 Å². The van der Waals surface area contributed by atoms with E-state index in [1.54, 1.807) is 0 Å². The minimum atomic E-state index is -0.737. The minimum absolute atomic E-state index is 0.0802. The third-order valence-electron chi connectivity index (χ3n) is 11.1. The highest BCUT2D eigenvalue weighted by Gasteiger charge is 2.75. The molecular formula is C25H36O3. The molecule has 6 rings (SSSR count). The summed E-state index contributed by atoms with van der Waals surface area (Å²) in [6.07, 6.45) is 11.0. The molecule has 6 aliphatic carbocycles. The van der Waals surface area contributed by atoms with Crippen LogP contribution in [0.5, 0.6) is 0 Å². The molecule has 0 bridgehead atoms. The van der Waals surface area contributed by atoms with E-state index in [-0.39, 0.29) is 11.2 Å². The zero-order valence-electron chi connectivity index (χ0n) is 17.6. The standard InChI is InChI=1S/C25H36O3/c1-23(15-5-6-16(26)11-15)9-8-19-21(22(23)14-3-4-14)18-12-20(18)25(28)13-17(27)7-10-24(19,25)2/h14-15,18-22,28H,3-13H2,1-2H3/t15?,18-,19?,20+,21?,22?,23+,24+,25+/m0/s1. The van der Waals surface area contributed by atoms with Crippen LogP contribution < -0.4 is 0 Å². The van der Waals surface area contributed by atoms with Crippen molar-refractivity contribution < 1.29 is 14.7 Å². The van der Waals surface area contributed by atoms with Gasteiger partial charge < -0.3 is 5.11 Å². The van der Waals surface area contributed by atoms with E-state index in [4.69, 9.17) is 0 Å². The smallest absolute Gasteiger partial charge is 0.135 e. The van der Waals surface area contributed by atoms with Crippen molar-refractivity contribution in [3.8, 4) is 0 Å². The van der Waals surface area contributed by atoms with Gasteiger partial charge in [0.1, 0.15) is 11.6 Å². The summed E-state index contributed by atoms with van der Waals surface area (Å²) < 4.78 is 0. The quantitative estimate of drug-likeness (QED) is 0.760. The number of fused-ring (bicyclic) bond motifs is 6. The van der Waals surface area contributed by atoms with E-state index in [2.05, 4.69) is 13.8 Å². The van der Waals surface area contributed by atoms with E-state index in [1.807, 2.05) is 0 Å². The van der Waals surface area contributed by atoms with E-state index >= 15 is 0 Å². The lowest BCUT2D eigenvalue weighted by atomic mass is 9.41. The van der Waals surface area contributed by atoms with Crippen LogP contribution in [0.2, 0.25) is 0 Å². The minimum Gasteiger partial charge on any atom is -0.389 e. The Morgan fingerprint density at radius 3 is 2.39 bits per heavy atom. The summed E-state index contributed by atoms with van der Waals surface area (Å²) in [6.45, 7) is 4.89. The van der Waals surface area contributed by atoms with Crippen molar-refractivity contribution in [1.29, 1.82) is 0 Å². The van der Waals surface area contributed by atoms with Crippen LogP contribution in [-0.4, -0.2) is 22.3 Å². The van der Waals surface area contributed by atoms with Crippen molar-refractivity contribution in [3.05, 3.63) is 0 Å². The molecule has 3 nitrogen and oxygen atoms in total. The maximum Gasteiger partial charge on any atom is 0.135 e. The topological polar surface area (TPSA) is 54.4 Å². The van der Waals surface area contributed by atoms with Crippen molar-refractivity contribution in [3.63, 3.8) is 0 Å². The van der Waals surface area contributed by atoms with Gasteiger partial charge in [-0.15, -0.1) is 0 Å². The van der Waals surface area contributed by atoms with E-state index in [1.165, 1.54) is 25.7 Å². The highest BCUT2D eigenvalue weighted by Crippen LogP contribution is 2.76. The van der Waals surface area contributed by atoms with Gasteiger partial charge >= 0.3 is 0 Å². The second-order valence-electron chi connectivity index (χ2n) is 12.1. The van der Waals surface area contributed by atoms with Crippen LogP contribution in [0.4, 0.5) is 0 Å². The Morgan fingerprint density at radius 2 is 1.71 bits per heavy atom. The maximum absolute atomic E-state index is 12.3. The van der Waals surface area contributed by atoms with Crippen molar-refractivity contribution in [2.24, 2.45) is 52.3 Å². The Bertz CT molecular complexity index is 740. The highest BCUT2D eigenvalue weighted by molar-refractivity contribution is 5.81. The van der Waals surface area contributed by atoms with Gasteiger partial charge in [-0.2, -0.15) is 0 Å². The second-order valence-corrected chi connectivity index (χ2v) is 12.1. The zero-order chi connectivity index (χ0) is 19.5. The van der Waals surface area contributed by atoms with E-state index in [0.717, 1.165) is 49.9 Å². The molecule has 6 aliphatic rings. The Balaban J connectivity index is 1.40. The molecule has 1 N–H and O–H groups in total. The van der Waals surface area contributed by atoms with Crippen LogP contribution in [0.1, 0.15) is 84.5 Å². The molecule has 0 heterocycles. The molecule has 0 amide bonds. The number of carbonyl (C=O) groups excluding carboxylic acids is 2. The number of hydrogen-bond donors (Lipinski definition) is 1. The molecule has 0 aliphatic heterocycles. The average molecular weight is 385 g/mol. The first kappa shape index (κ1) is 18.1. The fourth-order valence-electron chi connectivity index (χ4n) is 9.44. The monoisotopic (exact) mass is 384 g/mol. The summed E-state index contributed by atoms with van der Waals surface area (Å²) in [6, 6.07) is 0. The predicted molar refractivity (Wildman–Crippen MR) is 106 cm³/mol. The van der Waals surface area contributed by atoms with Gasteiger partial charge in [-0.3, -0.25) is 9.59 Å². The van der Waals surface area contributed by atoms with Gasteiger partial charge in [-0.1, -0.05) is 13.8 Å². The molecule has 28 heavy (non-hydrogen) atoms. The number of hydrogen-bond acceptors (Lipinski definition) is 3. The van der Waals surface area contributed by atoms with Gasteiger partial charge in [0.05, 0.1) is 5.60 Å². The molecule has 0 spiro atoms. The Hall–Kier alpha value is -0.700. The van der Waals surface area contributed by atoms with Gasteiger partial charge in [0.15, 0.2) is 0 Å². The first-order valence-corrected chi connectivity index (χ1v) is 12.0. The Labute approximate surface area is 169 Å². The third kappa shape index (κ3) is 2.15. The number of aliphatic hydroxyl groups is 1. The largest absolute Gasteiger partial charge is 0.389 e. The lowest BCUT2D eigenvalue weighted by Crippen LogP contribution is -2.64. The zero-order valence-corrected chi connectivity index (χ0v) is 17.6. The van der Waals surface area contributed by atoms with Crippen LogP contribution in [0.3, 0.4) is 0 Å². The normalized spacial score (nSPS) is 58.1. The van der Waals surface area contributed by atoms with E-state index < -0.39 is 5.60 Å². The number of Topliss-reactive ketones (excluding diaryl/α,β-unsaturated/α-hetero) is 2. The molecule has 6 saturated carbocycles. The predicted octanol–water partition coefficient (Wildman–Crippen LogP) is 4.55. The van der Waals surface area contributed by atoms with E-state index in [9.17, 15) is 14.7 Å². The maximum atomic E-state index is 12.3.